The van der Waals surface area contributed by atoms with Crippen LogP contribution < -0.4 is 5.32 Å². The lowest BCUT2D eigenvalue weighted by Crippen LogP contribution is -2.35. The van der Waals surface area contributed by atoms with Gasteiger partial charge in [-0.3, -0.25) is 9.59 Å². The first kappa shape index (κ1) is 17.5. The minimum Gasteiger partial charge on any atom is -0.481 e. The lowest BCUT2D eigenvalue weighted by molar-refractivity contribution is -0.138. The molecule has 0 unspecified atom stereocenters. The average molecular weight is 317 g/mol. The van der Waals surface area contributed by atoms with Gasteiger partial charge in [-0.15, -0.1) is 0 Å². The summed E-state index contributed by atoms with van der Waals surface area (Å²) in [5, 5.41) is 12.1. The summed E-state index contributed by atoms with van der Waals surface area (Å²) in [6.07, 6.45) is 5.11. The summed E-state index contributed by atoms with van der Waals surface area (Å²) in [5.74, 6) is -0.426. The van der Waals surface area contributed by atoms with Crippen LogP contribution in [0, 0.1) is 5.92 Å². The van der Waals surface area contributed by atoms with Crippen molar-refractivity contribution in [3.05, 3.63) is 35.4 Å². The second-order valence-corrected chi connectivity index (χ2v) is 6.82. The Balaban J connectivity index is 2.09. The fourth-order valence-corrected chi connectivity index (χ4v) is 3.19. The number of benzene rings is 1. The standard InChI is InChI=1S/C19H27NO3/c1-13(2)14-8-10-15(11-9-14)17(12-18(21)22)20-19(23)16-6-4-3-5-7-16/h8-11,13,16-17H,3-7,12H2,1-2H3,(H,20,23)(H,21,22)/t17-/m0/s1. The van der Waals surface area contributed by atoms with Crippen molar-refractivity contribution in [2.75, 3.05) is 0 Å². The van der Waals surface area contributed by atoms with E-state index < -0.39 is 12.0 Å². The second kappa shape index (κ2) is 8.14. The van der Waals surface area contributed by atoms with E-state index >= 15 is 0 Å². The molecule has 23 heavy (non-hydrogen) atoms. The highest BCUT2D eigenvalue weighted by Gasteiger charge is 2.25. The molecule has 0 radical (unpaired) electrons. The Kier molecular flexibility index (Phi) is 6.20. The van der Waals surface area contributed by atoms with E-state index in [0.29, 0.717) is 5.92 Å². The number of amides is 1. The summed E-state index contributed by atoms with van der Waals surface area (Å²) < 4.78 is 0. The Bertz CT molecular complexity index is 530. The molecule has 1 saturated carbocycles. The van der Waals surface area contributed by atoms with Crippen molar-refractivity contribution in [1.29, 1.82) is 0 Å². The van der Waals surface area contributed by atoms with Gasteiger partial charge >= 0.3 is 5.97 Å². The molecule has 1 amide bonds. The van der Waals surface area contributed by atoms with Crippen LogP contribution in [0.15, 0.2) is 24.3 Å². The smallest absolute Gasteiger partial charge is 0.305 e. The number of hydrogen-bond acceptors (Lipinski definition) is 2. The van der Waals surface area contributed by atoms with Gasteiger partial charge in [-0.2, -0.15) is 0 Å². The predicted molar refractivity (Wildman–Crippen MR) is 90.2 cm³/mol. The summed E-state index contributed by atoms with van der Waals surface area (Å²) >= 11 is 0. The fraction of sp³-hybridized carbons (Fsp3) is 0.579. The van der Waals surface area contributed by atoms with Gasteiger partial charge in [0.25, 0.3) is 0 Å². The Labute approximate surface area is 138 Å². The van der Waals surface area contributed by atoms with Crippen LogP contribution in [0.25, 0.3) is 0 Å². The molecule has 1 fully saturated rings. The van der Waals surface area contributed by atoms with Crippen LogP contribution in [0.5, 0.6) is 0 Å². The zero-order valence-corrected chi connectivity index (χ0v) is 14.0. The molecule has 1 aromatic rings. The SMILES string of the molecule is CC(C)c1ccc([C@H](CC(=O)O)NC(=O)C2CCCCC2)cc1. The number of carboxylic acid groups (broad SMARTS) is 1. The van der Waals surface area contributed by atoms with Crippen LogP contribution in [-0.4, -0.2) is 17.0 Å². The number of hydrogen-bond donors (Lipinski definition) is 2. The van der Waals surface area contributed by atoms with E-state index in [1.807, 2.05) is 24.3 Å². The van der Waals surface area contributed by atoms with E-state index in [-0.39, 0.29) is 18.2 Å². The van der Waals surface area contributed by atoms with Crippen LogP contribution in [-0.2, 0) is 9.59 Å². The molecule has 4 nitrogen and oxygen atoms in total. The molecule has 2 rings (SSSR count). The van der Waals surface area contributed by atoms with Gasteiger partial charge < -0.3 is 10.4 Å². The molecule has 0 heterocycles. The van der Waals surface area contributed by atoms with Crippen molar-refractivity contribution < 1.29 is 14.7 Å². The van der Waals surface area contributed by atoms with Gasteiger partial charge in [0.05, 0.1) is 12.5 Å². The number of rotatable bonds is 6. The quantitative estimate of drug-likeness (QED) is 0.832. The number of nitrogens with one attached hydrogen (secondary N) is 1. The van der Waals surface area contributed by atoms with E-state index in [1.165, 1.54) is 12.0 Å². The third kappa shape index (κ3) is 5.08. The maximum atomic E-state index is 12.4. The predicted octanol–water partition coefficient (Wildman–Crippen LogP) is 4.02. The van der Waals surface area contributed by atoms with Crippen molar-refractivity contribution in [3.63, 3.8) is 0 Å². The number of carbonyl (C=O) groups excluding carboxylic acids is 1. The van der Waals surface area contributed by atoms with Gasteiger partial charge in [0.1, 0.15) is 0 Å². The minimum atomic E-state index is -0.896. The number of carboxylic acids is 1. The maximum Gasteiger partial charge on any atom is 0.305 e. The van der Waals surface area contributed by atoms with E-state index in [9.17, 15) is 9.59 Å². The highest BCUT2D eigenvalue weighted by atomic mass is 16.4. The Morgan fingerprint density at radius 3 is 2.17 bits per heavy atom. The first-order valence-electron chi connectivity index (χ1n) is 8.59. The third-order valence-corrected chi connectivity index (χ3v) is 4.68. The summed E-state index contributed by atoms with van der Waals surface area (Å²) in [6, 6.07) is 7.44. The normalized spacial score (nSPS) is 17.0. The summed E-state index contributed by atoms with van der Waals surface area (Å²) in [7, 11) is 0. The highest BCUT2D eigenvalue weighted by molar-refractivity contribution is 5.80. The molecule has 1 aromatic carbocycles. The van der Waals surface area contributed by atoms with Gasteiger partial charge in [0, 0.05) is 5.92 Å². The van der Waals surface area contributed by atoms with E-state index in [2.05, 4.69) is 19.2 Å². The molecule has 2 N–H and O–H groups in total. The number of aliphatic carboxylic acids is 1. The van der Waals surface area contributed by atoms with Crippen molar-refractivity contribution in [2.45, 2.75) is 64.3 Å². The highest BCUT2D eigenvalue weighted by Crippen LogP contribution is 2.26. The van der Waals surface area contributed by atoms with Crippen LogP contribution in [0.1, 0.15) is 75.5 Å². The average Bonchev–Trinajstić information content (AvgIpc) is 2.54. The molecule has 1 atom stereocenters. The minimum absolute atomic E-state index is 0.00360. The van der Waals surface area contributed by atoms with Gasteiger partial charge in [0.2, 0.25) is 5.91 Å². The fourth-order valence-electron chi connectivity index (χ4n) is 3.19. The molecule has 0 aliphatic heterocycles. The van der Waals surface area contributed by atoms with E-state index in [1.54, 1.807) is 0 Å². The lowest BCUT2D eigenvalue weighted by atomic mass is 9.88. The molecule has 0 aromatic heterocycles. The summed E-state index contributed by atoms with van der Waals surface area (Å²) in [5.41, 5.74) is 2.07. The molecule has 1 aliphatic rings. The second-order valence-electron chi connectivity index (χ2n) is 6.82. The molecule has 4 heteroatoms. The molecule has 126 valence electrons. The zero-order valence-electron chi connectivity index (χ0n) is 14.0. The monoisotopic (exact) mass is 317 g/mol. The Hall–Kier alpha value is -1.84. The van der Waals surface area contributed by atoms with Crippen LogP contribution >= 0.6 is 0 Å². The molecule has 0 saturated heterocycles. The Morgan fingerprint density at radius 1 is 1.09 bits per heavy atom. The van der Waals surface area contributed by atoms with Gasteiger partial charge in [-0.25, -0.2) is 0 Å². The van der Waals surface area contributed by atoms with Crippen LogP contribution in [0.4, 0.5) is 0 Å². The Morgan fingerprint density at radius 2 is 1.65 bits per heavy atom. The first-order valence-corrected chi connectivity index (χ1v) is 8.59. The van der Waals surface area contributed by atoms with Gasteiger partial charge in [0.15, 0.2) is 0 Å². The third-order valence-electron chi connectivity index (χ3n) is 4.68. The summed E-state index contributed by atoms with van der Waals surface area (Å²) in [6.45, 7) is 4.24. The van der Waals surface area contributed by atoms with Gasteiger partial charge in [-0.05, 0) is 29.9 Å². The molecule has 1 aliphatic carbocycles. The molecular formula is C19H27NO3. The van der Waals surface area contributed by atoms with Crippen molar-refractivity contribution in [3.8, 4) is 0 Å². The first-order chi connectivity index (χ1) is 11.0. The van der Waals surface area contributed by atoms with Crippen molar-refractivity contribution in [2.24, 2.45) is 5.92 Å². The van der Waals surface area contributed by atoms with E-state index in [4.69, 9.17) is 5.11 Å². The van der Waals surface area contributed by atoms with Crippen LogP contribution in [0.2, 0.25) is 0 Å². The zero-order chi connectivity index (χ0) is 16.8. The van der Waals surface area contributed by atoms with Crippen LogP contribution in [0.3, 0.4) is 0 Å². The summed E-state index contributed by atoms with van der Waals surface area (Å²) in [4.78, 5) is 23.6. The van der Waals surface area contributed by atoms with Crippen molar-refractivity contribution >= 4 is 11.9 Å². The molecule has 0 bridgehead atoms. The largest absolute Gasteiger partial charge is 0.481 e. The van der Waals surface area contributed by atoms with E-state index in [0.717, 1.165) is 31.2 Å². The number of carbonyl (C=O) groups is 2. The topological polar surface area (TPSA) is 66.4 Å². The molecule has 0 spiro atoms. The maximum absolute atomic E-state index is 12.4. The van der Waals surface area contributed by atoms with Gasteiger partial charge in [-0.1, -0.05) is 57.4 Å². The molecular weight excluding hydrogens is 290 g/mol. The lowest BCUT2D eigenvalue weighted by Gasteiger charge is -2.24. The van der Waals surface area contributed by atoms with Crippen molar-refractivity contribution in [1.82, 2.24) is 5.32 Å².